The predicted molar refractivity (Wildman–Crippen MR) is 81.9 cm³/mol. The molecule has 4 rings (SSSR count). The summed E-state index contributed by atoms with van der Waals surface area (Å²) >= 11 is 0. The van der Waals surface area contributed by atoms with Crippen molar-refractivity contribution in [2.75, 3.05) is 26.4 Å². The second-order valence-electron chi connectivity index (χ2n) is 6.63. The van der Waals surface area contributed by atoms with Crippen LogP contribution in [0.1, 0.15) is 28.8 Å². The van der Waals surface area contributed by atoms with E-state index in [0.29, 0.717) is 37.4 Å². The van der Waals surface area contributed by atoms with Crippen LogP contribution in [0.15, 0.2) is 6.07 Å². The first-order valence-electron chi connectivity index (χ1n) is 8.24. The number of hydrogen-bond acceptors (Lipinski definition) is 5. The number of aliphatic hydroxyl groups is 1. The molecule has 130 valence electrons. The van der Waals surface area contributed by atoms with Gasteiger partial charge in [-0.3, -0.25) is 4.79 Å². The zero-order valence-electron chi connectivity index (χ0n) is 13.5. The van der Waals surface area contributed by atoms with Crippen LogP contribution in [-0.4, -0.2) is 60.5 Å². The number of ether oxygens (including phenoxy) is 3. The highest BCUT2D eigenvalue weighted by Crippen LogP contribution is 2.39. The number of amides is 1. The Hall–Kier alpha value is -1.86. The Morgan fingerprint density at radius 1 is 1.42 bits per heavy atom. The molecule has 3 aliphatic rings. The molecule has 1 aromatic carbocycles. The highest BCUT2D eigenvalue weighted by atomic mass is 19.1. The van der Waals surface area contributed by atoms with E-state index in [-0.39, 0.29) is 42.5 Å². The number of rotatable bonds is 2. The molecule has 24 heavy (non-hydrogen) atoms. The average molecular weight is 337 g/mol. The molecule has 7 heteroatoms. The molecule has 2 fully saturated rings. The van der Waals surface area contributed by atoms with Crippen LogP contribution >= 0.6 is 0 Å². The quantitative estimate of drug-likeness (QED) is 0.880. The van der Waals surface area contributed by atoms with Crippen molar-refractivity contribution in [1.82, 2.24) is 4.90 Å². The van der Waals surface area contributed by atoms with Crippen LogP contribution in [0.3, 0.4) is 0 Å². The molecule has 1 N–H and O–H groups in total. The molecule has 6 nitrogen and oxygen atoms in total. The zero-order valence-corrected chi connectivity index (χ0v) is 13.5. The molecule has 1 aromatic rings. The van der Waals surface area contributed by atoms with E-state index in [0.717, 1.165) is 0 Å². The maximum Gasteiger partial charge on any atom is 0.261 e. The summed E-state index contributed by atoms with van der Waals surface area (Å²) in [5.74, 6) is -0.614. The first-order chi connectivity index (χ1) is 11.5. The van der Waals surface area contributed by atoms with Crippen LogP contribution < -0.4 is 9.47 Å². The maximum absolute atomic E-state index is 14.7. The van der Waals surface area contributed by atoms with Gasteiger partial charge in [0.2, 0.25) is 0 Å². The van der Waals surface area contributed by atoms with Crippen molar-refractivity contribution in [2.24, 2.45) is 0 Å². The predicted octanol–water partition coefficient (Wildman–Crippen LogP) is 1.27. The minimum absolute atomic E-state index is 0.0625. The fraction of sp³-hybridized carbons (Fsp3) is 0.588. The molecular formula is C17H20FNO5. The third-order valence-corrected chi connectivity index (χ3v) is 4.84. The van der Waals surface area contributed by atoms with Gasteiger partial charge in [0.05, 0.1) is 25.4 Å². The van der Waals surface area contributed by atoms with Gasteiger partial charge in [0.25, 0.3) is 5.91 Å². The third kappa shape index (κ3) is 2.52. The van der Waals surface area contributed by atoms with E-state index < -0.39 is 11.9 Å². The Balaban J connectivity index is 1.77. The third-order valence-electron chi connectivity index (χ3n) is 4.84. The number of carbonyl (C=O) groups excluding carboxylic acids is 1. The summed E-state index contributed by atoms with van der Waals surface area (Å²) in [5.41, 5.74) is 0.485. The summed E-state index contributed by atoms with van der Waals surface area (Å²) in [7, 11) is 0. The van der Waals surface area contributed by atoms with Crippen molar-refractivity contribution in [3.05, 3.63) is 23.0 Å². The lowest BCUT2D eigenvalue weighted by Crippen LogP contribution is -2.37. The molecule has 0 bridgehead atoms. The molecule has 0 saturated carbocycles. The lowest BCUT2D eigenvalue weighted by atomic mass is 10.1. The van der Waals surface area contributed by atoms with Crippen molar-refractivity contribution >= 4 is 5.91 Å². The van der Waals surface area contributed by atoms with Crippen LogP contribution in [0.2, 0.25) is 0 Å². The number of aliphatic hydroxyl groups excluding tert-OH is 1. The van der Waals surface area contributed by atoms with Crippen LogP contribution in [-0.2, 0) is 4.74 Å². The van der Waals surface area contributed by atoms with E-state index in [1.54, 1.807) is 17.9 Å². The first-order valence-corrected chi connectivity index (χ1v) is 8.24. The van der Waals surface area contributed by atoms with Gasteiger partial charge < -0.3 is 24.2 Å². The minimum Gasteiger partial charge on any atom is -0.490 e. The molecule has 2 saturated heterocycles. The van der Waals surface area contributed by atoms with E-state index in [9.17, 15) is 14.3 Å². The standard InChI is InChI=1S/C17H20FNO5/c1-9-4-13-14(16(15(9)18)24-12-2-3-22-8-12)17(21)19-6-11(20)5-10(19)7-23-13/h4,10-12,20H,2-3,5-8H2,1H3/t10-,11+,12+/m1/s1. The Labute approximate surface area is 139 Å². The molecule has 1 amide bonds. The van der Waals surface area contributed by atoms with Crippen molar-refractivity contribution in [3.8, 4) is 11.5 Å². The normalized spacial score (nSPS) is 29.0. The van der Waals surface area contributed by atoms with Crippen molar-refractivity contribution in [1.29, 1.82) is 0 Å². The summed E-state index contributed by atoms with van der Waals surface area (Å²) in [6.45, 7) is 3.07. The van der Waals surface area contributed by atoms with Gasteiger partial charge in [-0.2, -0.15) is 0 Å². The number of carbonyl (C=O) groups is 1. The van der Waals surface area contributed by atoms with Gasteiger partial charge in [0.1, 0.15) is 24.0 Å². The monoisotopic (exact) mass is 337 g/mol. The Morgan fingerprint density at radius 3 is 3.00 bits per heavy atom. The second-order valence-corrected chi connectivity index (χ2v) is 6.63. The summed E-state index contributed by atoms with van der Waals surface area (Å²) < 4.78 is 31.6. The van der Waals surface area contributed by atoms with E-state index in [4.69, 9.17) is 14.2 Å². The Morgan fingerprint density at radius 2 is 2.25 bits per heavy atom. The Bertz CT molecular complexity index is 673. The molecule has 0 aliphatic carbocycles. The highest BCUT2D eigenvalue weighted by molar-refractivity contribution is 6.00. The van der Waals surface area contributed by atoms with Gasteiger partial charge in [-0.25, -0.2) is 4.39 Å². The fourth-order valence-corrected chi connectivity index (χ4v) is 3.56. The second kappa shape index (κ2) is 5.89. The SMILES string of the molecule is Cc1cc2c(c(O[C@H]3CCOC3)c1F)C(=O)N1C[C@@H](O)C[C@@H]1CO2. The van der Waals surface area contributed by atoms with E-state index in [1.165, 1.54) is 0 Å². The zero-order chi connectivity index (χ0) is 16.8. The number of aryl methyl sites for hydroxylation is 1. The van der Waals surface area contributed by atoms with Gasteiger partial charge in [-0.15, -0.1) is 0 Å². The number of nitrogens with zero attached hydrogens (tertiary/aromatic N) is 1. The van der Waals surface area contributed by atoms with Gasteiger partial charge in [0.15, 0.2) is 11.6 Å². The Kier molecular flexibility index (Phi) is 3.85. The van der Waals surface area contributed by atoms with E-state index in [2.05, 4.69) is 0 Å². The van der Waals surface area contributed by atoms with Crippen LogP contribution in [0.25, 0.3) is 0 Å². The molecule has 0 unspecified atom stereocenters. The van der Waals surface area contributed by atoms with E-state index >= 15 is 0 Å². The highest BCUT2D eigenvalue weighted by Gasteiger charge is 2.41. The van der Waals surface area contributed by atoms with E-state index in [1.807, 2.05) is 0 Å². The van der Waals surface area contributed by atoms with Crippen LogP contribution in [0, 0.1) is 12.7 Å². The number of hydrogen-bond donors (Lipinski definition) is 1. The van der Waals surface area contributed by atoms with Gasteiger partial charge in [-0.05, 0) is 25.0 Å². The molecular weight excluding hydrogens is 317 g/mol. The average Bonchev–Trinajstić information content (AvgIpc) is 3.16. The van der Waals surface area contributed by atoms with Crippen LogP contribution in [0.5, 0.6) is 11.5 Å². The molecule has 0 radical (unpaired) electrons. The fourth-order valence-electron chi connectivity index (χ4n) is 3.56. The maximum atomic E-state index is 14.7. The molecule has 3 heterocycles. The summed E-state index contributed by atoms with van der Waals surface area (Å²) in [6.07, 6.45) is 0.268. The van der Waals surface area contributed by atoms with Gasteiger partial charge >= 0.3 is 0 Å². The minimum atomic E-state index is -0.577. The summed E-state index contributed by atoms with van der Waals surface area (Å²) in [6, 6.07) is 1.34. The number of benzene rings is 1. The molecule has 3 atom stereocenters. The molecule has 3 aliphatic heterocycles. The van der Waals surface area contributed by atoms with Gasteiger partial charge in [0, 0.05) is 13.0 Å². The molecule has 0 aromatic heterocycles. The van der Waals surface area contributed by atoms with Crippen molar-refractivity contribution < 1.29 is 28.5 Å². The number of halogens is 1. The lowest BCUT2D eigenvalue weighted by molar-refractivity contribution is 0.0701. The number of fused-ring (bicyclic) bond motifs is 2. The smallest absolute Gasteiger partial charge is 0.261 e. The van der Waals surface area contributed by atoms with Crippen LogP contribution in [0.4, 0.5) is 4.39 Å². The van der Waals surface area contributed by atoms with Crippen molar-refractivity contribution in [3.63, 3.8) is 0 Å². The summed E-state index contributed by atoms with van der Waals surface area (Å²) in [4.78, 5) is 14.5. The largest absolute Gasteiger partial charge is 0.490 e. The van der Waals surface area contributed by atoms with Gasteiger partial charge in [-0.1, -0.05) is 0 Å². The first kappa shape index (κ1) is 15.7. The lowest BCUT2D eigenvalue weighted by Gasteiger charge is -2.22. The summed E-state index contributed by atoms with van der Waals surface area (Å²) in [5, 5.41) is 9.84. The topological polar surface area (TPSA) is 68.2 Å². The van der Waals surface area contributed by atoms with Crippen molar-refractivity contribution in [2.45, 2.75) is 38.0 Å². The molecule has 0 spiro atoms.